The second-order valence-corrected chi connectivity index (χ2v) is 2.36. The summed E-state index contributed by atoms with van der Waals surface area (Å²) in [6.07, 6.45) is 6.16. The molecule has 0 nitrogen and oxygen atoms in total. The maximum absolute atomic E-state index is 3.88. The van der Waals surface area contributed by atoms with Crippen LogP contribution in [-0.2, 0) is 0 Å². The van der Waals surface area contributed by atoms with E-state index < -0.39 is 0 Å². The van der Waals surface area contributed by atoms with Gasteiger partial charge < -0.3 is 0 Å². The molecular formula is C9H11-. The summed E-state index contributed by atoms with van der Waals surface area (Å²) in [5.74, 6) is 0. The van der Waals surface area contributed by atoms with Gasteiger partial charge in [0.05, 0.1) is 0 Å². The summed E-state index contributed by atoms with van der Waals surface area (Å²) < 4.78 is 0. The molecule has 0 heteroatoms. The van der Waals surface area contributed by atoms with E-state index in [1.807, 2.05) is 12.2 Å². The molecule has 0 radical (unpaired) electrons. The Morgan fingerprint density at radius 1 is 1.44 bits per heavy atom. The van der Waals surface area contributed by atoms with Crippen LogP contribution in [0, 0.1) is 6.42 Å². The van der Waals surface area contributed by atoms with Crippen molar-refractivity contribution in [1.82, 2.24) is 0 Å². The second-order valence-electron chi connectivity index (χ2n) is 2.36. The van der Waals surface area contributed by atoms with Crippen molar-refractivity contribution in [1.29, 1.82) is 0 Å². The van der Waals surface area contributed by atoms with E-state index in [0.717, 1.165) is 5.57 Å². The first-order chi connectivity index (χ1) is 4.22. The number of allylic oxidation sites excluding steroid dienone is 5. The lowest BCUT2D eigenvalue weighted by Gasteiger charge is -2.19. The maximum Gasteiger partial charge on any atom is -0.0623 e. The quantitative estimate of drug-likeness (QED) is 0.430. The van der Waals surface area contributed by atoms with Crippen LogP contribution < -0.4 is 0 Å². The predicted molar refractivity (Wildman–Crippen MR) is 41.0 cm³/mol. The van der Waals surface area contributed by atoms with Crippen molar-refractivity contribution >= 4 is 0 Å². The third-order valence-corrected chi connectivity index (χ3v) is 1.72. The predicted octanol–water partition coefficient (Wildman–Crippen LogP) is 2.65. The van der Waals surface area contributed by atoms with Gasteiger partial charge in [-0.1, -0.05) is 13.8 Å². The largest absolute Gasteiger partial charge is 0.172 e. The molecule has 48 valence electrons. The molecule has 1 rings (SSSR count). The maximum atomic E-state index is 3.88. The van der Waals surface area contributed by atoms with E-state index in [-0.39, 0.29) is 0 Å². The van der Waals surface area contributed by atoms with Crippen LogP contribution in [0.15, 0.2) is 35.5 Å². The van der Waals surface area contributed by atoms with Gasteiger partial charge >= 0.3 is 0 Å². The molecule has 0 bridgehead atoms. The van der Waals surface area contributed by atoms with Gasteiger partial charge in [-0.05, 0) is 0 Å². The van der Waals surface area contributed by atoms with Crippen molar-refractivity contribution in [2.45, 2.75) is 13.8 Å². The Kier molecular flexibility index (Phi) is 1.48. The molecule has 0 saturated carbocycles. The molecule has 0 saturated heterocycles. The third kappa shape index (κ3) is 1.07. The van der Waals surface area contributed by atoms with Gasteiger partial charge in [0.2, 0.25) is 0 Å². The summed E-state index contributed by atoms with van der Waals surface area (Å²) >= 11 is 0. The molecule has 0 heterocycles. The first-order valence-corrected chi connectivity index (χ1v) is 3.10. The number of rotatable bonds is 0. The van der Waals surface area contributed by atoms with Gasteiger partial charge in [0.25, 0.3) is 0 Å². The topological polar surface area (TPSA) is 0 Å². The van der Waals surface area contributed by atoms with E-state index in [2.05, 4.69) is 26.8 Å². The summed E-state index contributed by atoms with van der Waals surface area (Å²) in [5, 5.41) is 0. The Morgan fingerprint density at radius 2 is 2.11 bits per heavy atom. The SMILES string of the molecule is C=C1C=C[CH-]C(C)=C1C. The summed E-state index contributed by atoms with van der Waals surface area (Å²) in [4.78, 5) is 0. The van der Waals surface area contributed by atoms with Gasteiger partial charge in [-0.3, -0.25) is 0 Å². The van der Waals surface area contributed by atoms with Crippen LogP contribution in [0.1, 0.15) is 13.8 Å². The summed E-state index contributed by atoms with van der Waals surface area (Å²) in [7, 11) is 0. The van der Waals surface area contributed by atoms with Crippen molar-refractivity contribution in [2.75, 3.05) is 0 Å². The fraction of sp³-hybridized carbons (Fsp3) is 0.222. The minimum atomic E-state index is 1.13. The molecule has 0 fully saturated rings. The van der Waals surface area contributed by atoms with Gasteiger partial charge in [0.1, 0.15) is 0 Å². The minimum Gasteiger partial charge on any atom is -0.172 e. The molecule has 0 aromatic heterocycles. The van der Waals surface area contributed by atoms with Crippen molar-refractivity contribution in [2.24, 2.45) is 0 Å². The van der Waals surface area contributed by atoms with Gasteiger partial charge in [-0.25, -0.2) is 0 Å². The smallest absolute Gasteiger partial charge is 0.0623 e. The molecule has 0 aromatic carbocycles. The van der Waals surface area contributed by atoms with Crippen molar-refractivity contribution in [3.8, 4) is 0 Å². The first-order valence-electron chi connectivity index (χ1n) is 3.10. The van der Waals surface area contributed by atoms with Crippen LogP contribution in [0.5, 0.6) is 0 Å². The molecular weight excluding hydrogens is 108 g/mol. The molecule has 0 spiro atoms. The van der Waals surface area contributed by atoms with Gasteiger partial charge in [-0.15, -0.1) is 17.7 Å². The van der Waals surface area contributed by atoms with E-state index in [1.165, 1.54) is 11.1 Å². The highest BCUT2D eigenvalue weighted by Gasteiger charge is 1.91. The average Bonchev–Trinajstić information content (AvgIpc) is 1.83. The fourth-order valence-corrected chi connectivity index (χ4v) is 0.812. The summed E-state index contributed by atoms with van der Waals surface area (Å²) in [6, 6.07) is 0. The van der Waals surface area contributed by atoms with Gasteiger partial charge in [0, 0.05) is 0 Å². The monoisotopic (exact) mass is 119 g/mol. The lowest BCUT2D eigenvalue weighted by atomic mass is 9.96. The average molecular weight is 119 g/mol. The summed E-state index contributed by atoms with van der Waals surface area (Å²) in [5.41, 5.74) is 3.76. The van der Waals surface area contributed by atoms with Crippen molar-refractivity contribution in [3.05, 3.63) is 41.9 Å². The summed E-state index contributed by atoms with van der Waals surface area (Å²) in [6.45, 7) is 8.08. The molecule has 0 atom stereocenters. The zero-order valence-corrected chi connectivity index (χ0v) is 5.94. The van der Waals surface area contributed by atoms with Crippen LogP contribution >= 0.6 is 0 Å². The lowest BCUT2D eigenvalue weighted by Crippen LogP contribution is -1.90. The molecule has 1 aliphatic carbocycles. The van der Waals surface area contributed by atoms with Gasteiger partial charge in [0.15, 0.2) is 0 Å². The third-order valence-electron chi connectivity index (χ3n) is 1.72. The molecule has 0 N–H and O–H groups in total. The molecule has 0 unspecified atom stereocenters. The Balaban J connectivity index is 2.92. The highest BCUT2D eigenvalue weighted by molar-refractivity contribution is 5.47. The zero-order chi connectivity index (χ0) is 6.85. The van der Waals surface area contributed by atoms with Crippen LogP contribution in [0.25, 0.3) is 0 Å². The molecule has 0 amide bonds. The molecule has 9 heavy (non-hydrogen) atoms. The lowest BCUT2D eigenvalue weighted by molar-refractivity contribution is 1.26. The Morgan fingerprint density at radius 3 is 2.56 bits per heavy atom. The van der Waals surface area contributed by atoms with E-state index in [9.17, 15) is 0 Å². The van der Waals surface area contributed by atoms with E-state index in [4.69, 9.17) is 0 Å². The van der Waals surface area contributed by atoms with Crippen LogP contribution in [-0.4, -0.2) is 0 Å². The normalized spacial score (nSPS) is 18.2. The Labute approximate surface area is 56.6 Å². The highest BCUT2D eigenvalue weighted by Crippen LogP contribution is 2.20. The minimum absolute atomic E-state index is 1.13. The molecule has 0 aromatic rings. The van der Waals surface area contributed by atoms with Crippen LogP contribution in [0.3, 0.4) is 0 Å². The Hall–Kier alpha value is -0.910. The molecule has 1 aliphatic rings. The second kappa shape index (κ2) is 2.14. The standard InChI is InChI=1S/C9H11/c1-7-5-4-6-8(2)9(7)3/h4-6H,1H2,2-3H3/q-1. The number of hydrogen-bond acceptors (Lipinski definition) is 0. The van der Waals surface area contributed by atoms with Crippen molar-refractivity contribution < 1.29 is 0 Å². The van der Waals surface area contributed by atoms with Crippen LogP contribution in [0.2, 0.25) is 0 Å². The van der Waals surface area contributed by atoms with E-state index in [1.54, 1.807) is 0 Å². The molecule has 0 aliphatic heterocycles. The zero-order valence-electron chi connectivity index (χ0n) is 5.94. The van der Waals surface area contributed by atoms with Gasteiger partial charge in [-0.2, -0.15) is 24.1 Å². The number of hydrogen-bond donors (Lipinski definition) is 0. The first kappa shape index (κ1) is 6.21. The Bertz CT molecular complexity index is 192. The van der Waals surface area contributed by atoms with Crippen LogP contribution in [0.4, 0.5) is 0 Å². The van der Waals surface area contributed by atoms with E-state index in [0.29, 0.717) is 0 Å². The highest BCUT2D eigenvalue weighted by atomic mass is 14.1. The van der Waals surface area contributed by atoms with E-state index >= 15 is 0 Å². The fourth-order valence-electron chi connectivity index (χ4n) is 0.812. The van der Waals surface area contributed by atoms with Crippen molar-refractivity contribution in [3.63, 3.8) is 0 Å².